The molecule has 6 heteroatoms. The van der Waals surface area contributed by atoms with Crippen molar-refractivity contribution in [2.24, 2.45) is 0 Å². The van der Waals surface area contributed by atoms with Gasteiger partial charge in [-0.15, -0.1) is 22.7 Å². The molecule has 568 valence electrons. The Hall–Kier alpha value is -15.2. The van der Waals surface area contributed by atoms with E-state index in [0.717, 1.165) is 67.4 Å². The lowest BCUT2D eigenvalue weighted by atomic mass is 9.94. The molecule has 0 radical (unpaired) electrons. The van der Waals surface area contributed by atoms with Gasteiger partial charge in [-0.05, 0) is 154 Å². The molecular formula is C114H79N3OS2. The minimum atomic E-state index is 0.891. The third kappa shape index (κ3) is 14.8. The van der Waals surface area contributed by atoms with Crippen molar-refractivity contribution >= 4 is 136 Å². The number of nitrogens with zero attached hydrogens (tertiary/aromatic N) is 3. The number of fused-ring (bicyclic) bond motifs is 9. The van der Waals surface area contributed by atoms with E-state index in [0.29, 0.717) is 0 Å². The number of anilines is 9. The number of hydrogen-bond acceptors (Lipinski definition) is 6. The largest absolute Gasteiger partial charge is 0.456 e. The molecule has 0 N–H and O–H groups in total. The highest BCUT2D eigenvalue weighted by molar-refractivity contribution is 7.26. The standard InChI is InChI=1S/C42H29NS.C36H25NO.C36H25NS/c1-4-13-30(14-5-1)31-23-25-34(26-24-31)43(35-27-28-41-39(29-35)38-19-10-11-22-40(38)44-41)42-36(32-15-6-2-7-16-32)20-12-21-37(42)33-17-8-3-9-18-33;2*1-4-13-26(14-5-1)30-20-12-21-31(27-15-6-2-7-16-27)36(30)37(28-17-8-3-9-18-28)29-23-24-35-33(25-29)32-19-10-11-22-34(32)38-35/h1-29H;2*1-25H. The first kappa shape index (κ1) is 73.7. The Balaban J connectivity index is 0.000000115. The highest BCUT2D eigenvalue weighted by atomic mass is 32.1. The molecule has 0 saturated carbocycles. The van der Waals surface area contributed by atoms with Crippen molar-refractivity contribution in [2.75, 3.05) is 14.7 Å². The average Bonchev–Trinajstić information content (AvgIpc) is 1.26. The van der Waals surface area contributed by atoms with Crippen LogP contribution in [0.15, 0.2) is 484 Å². The second-order valence-electron chi connectivity index (χ2n) is 29.7. The fourth-order valence-electron chi connectivity index (χ4n) is 16.8. The van der Waals surface area contributed by atoms with Crippen molar-refractivity contribution < 1.29 is 4.42 Å². The highest BCUT2D eigenvalue weighted by Gasteiger charge is 2.27. The van der Waals surface area contributed by atoms with Gasteiger partial charge < -0.3 is 19.1 Å². The van der Waals surface area contributed by atoms with Crippen molar-refractivity contribution in [3.8, 4) is 77.9 Å². The third-order valence-electron chi connectivity index (χ3n) is 22.4. The van der Waals surface area contributed by atoms with E-state index >= 15 is 0 Å². The number of thiophene rings is 2. The van der Waals surface area contributed by atoms with Crippen LogP contribution in [0.4, 0.5) is 51.2 Å². The first-order valence-electron chi connectivity index (χ1n) is 40.7. The van der Waals surface area contributed by atoms with Crippen molar-refractivity contribution in [1.29, 1.82) is 0 Å². The first-order valence-corrected chi connectivity index (χ1v) is 42.3. The van der Waals surface area contributed by atoms with Gasteiger partial charge in [0.05, 0.1) is 17.1 Å². The number of benzene rings is 19. The monoisotopic (exact) mass is 1570 g/mol. The van der Waals surface area contributed by atoms with Crippen LogP contribution >= 0.6 is 22.7 Å². The van der Waals surface area contributed by atoms with Gasteiger partial charge in [-0.1, -0.05) is 370 Å². The first-order chi connectivity index (χ1) is 59.6. The molecule has 19 aromatic carbocycles. The lowest BCUT2D eigenvalue weighted by Crippen LogP contribution is -2.12. The summed E-state index contributed by atoms with van der Waals surface area (Å²) in [5.74, 6) is 0. The van der Waals surface area contributed by atoms with Gasteiger partial charge in [0.1, 0.15) is 11.2 Å². The Morgan fingerprint density at radius 1 is 0.150 bits per heavy atom. The van der Waals surface area contributed by atoms with Crippen LogP contribution in [0.3, 0.4) is 0 Å². The molecule has 0 fully saturated rings. The summed E-state index contributed by atoms with van der Waals surface area (Å²) in [5, 5.41) is 7.42. The van der Waals surface area contributed by atoms with Crippen LogP contribution in [0.2, 0.25) is 0 Å². The summed E-state index contributed by atoms with van der Waals surface area (Å²) in [6.45, 7) is 0. The predicted molar refractivity (Wildman–Crippen MR) is 514 cm³/mol. The second kappa shape index (κ2) is 33.6. The molecule has 22 rings (SSSR count). The van der Waals surface area contributed by atoms with Crippen LogP contribution in [0.1, 0.15) is 0 Å². The molecule has 3 aromatic heterocycles. The molecule has 120 heavy (non-hydrogen) atoms. The zero-order valence-electron chi connectivity index (χ0n) is 65.7. The molecular weight excluding hydrogens is 1490 g/mol. The summed E-state index contributed by atoms with van der Waals surface area (Å²) in [6, 6.07) is 171. The smallest absolute Gasteiger partial charge is 0.135 e. The van der Waals surface area contributed by atoms with Crippen LogP contribution in [0.5, 0.6) is 0 Å². The van der Waals surface area contributed by atoms with Crippen LogP contribution in [-0.2, 0) is 0 Å². The maximum atomic E-state index is 6.17. The van der Waals surface area contributed by atoms with E-state index in [1.54, 1.807) is 0 Å². The normalized spacial score (nSPS) is 11.2. The fourth-order valence-corrected chi connectivity index (χ4v) is 19.0. The van der Waals surface area contributed by atoms with E-state index in [9.17, 15) is 0 Å². The van der Waals surface area contributed by atoms with Crippen LogP contribution in [-0.4, -0.2) is 0 Å². The predicted octanol–water partition coefficient (Wildman–Crippen LogP) is 33.8. The van der Waals surface area contributed by atoms with Gasteiger partial charge in [0.25, 0.3) is 0 Å². The fraction of sp³-hybridized carbons (Fsp3) is 0. The van der Waals surface area contributed by atoms with Gasteiger partial charge in [0.2, 0.25) is 0 Å². The van der Waals surface area contributed by atoms with E-state index in [-0.39, 0.29) is 0 Å². The van der Waals surface area contributed by atoms with Crippen LogP contribution in [0, 0.1) is 0 Å². The molecule has 0 aliphatic carbocycles. The van der Waals surface area contributed by atoms with Crippen molar-refractivity contribution in [3.05, 3.63) is 479 Å². The minimum Gasteiger partial charge on any atom is -0.456 e. The quantitative estimate of drug-likeness (QED) is 0.0962. The lowest BCUT2D eigenvalue weighted by Gasteiger charge is -2.30. The summed E-state index contributed by atoms with van der Waals surface area (Å²) >= 11 is 3.71. The van der Waals surface area contributed by atoms with E-state index in [4.69, 9.17) is 4.42 Å². The zero-order chi connectivity index (χ0) is 79.9. The Bertz CT molecular complexity index is 6850. The lowest BCUT2D eigenvalue weighted by molar-refractivity contribution is 0.669. The molecule has 0 amide bonds. The summed E-state index contributed by atoms with van der Waals surface area (Å²) in [5.41, 5.74) is 28.6. The van der Waals surface area contributed by atoms with Gasteiger partial charge in [0.15, 0.2) is 0 Å². The van der Waals surface area contributed by atoms with Crippen molar-refractivity contribution in [2.45, 2.75) is 0 Å². The summed E-state index contributed by atoms with van der Waals surface area (Å²) in [7, 11) is 0. The van der Waals surface area contributed by atoms with Crippen LogP contribution < -0.4 is 14.7 Å². The number of hydrogen-bond donors (Lipinski definition) is 0. The summed E-state index contributed by atoms with van der Waals surface area (Å²) < 4.78 is 11.4. The Labute approximate surface area is 707 Å². The molecule has 4 nitrogen and oxygen atoms in total. The van der Waals surface area contributed by atoms with Gasteiger partial charge in [0, 0.05) is 119 Å². The molecule has 0 unspecified atom stereocenters. The molecule has 0 aliphatic heterocycles. The van der Waals surface area contributed by atoms with E-state index in [2.05, 4.69) is 482 Å². The molecule has 0 bridgehead atoms. The maximum absolute atomic E-state index is 6.17. The van der Waals surface area contributed by atoms with Gasteiger partial charge in [-0.3, -0.25) is 0 Å². The molecule has 22 aromatic rings. The van der Waals surface area contributed by atoms with Crippen molar-refractivity contribution in [3.63, 3.8) is 0 Å². The van der Waals surface area contributed by atoms with Gasteiger partial charge in [-0.25, -0.2) is 0 Å². The zero-order valence-corrected chi connectivity index (χ0v) is 67.3. The number of rotatable bonds is 16. The van der Waals surface area contributed by atoms with E-state index in [1.807, 2.05) is 34.8 Å². The molecule has 0 aliphatic rings. The molecule has 0 atom stereocenters. The SMILES string of the molecule is c1ccc(-c2ccc(N(c3ccc4sc5ccccc5c4c3)c3c(-c4ccccc4)cccc3-c3ccccc3)cc2)cc1.c1ccc(-c2cccc(-c3ccccc3)c2N(c2ccccc2)c2ccc3oc4ccccc4c3c2)cc1.c1ccc(-c2cccc(-c3ccccc3)c2N(c2ccccc2)c2ccc3sc4ccccc4c3c2)cc1. The average molecular weight is 1570 g/mol. The van der Waals surface area contributed by atoms with Gasteiger partial charge in [-0.2, -0.15) is 0 Å². The Morgan fingerprint density at radius 3 is 0.742 bits per heavy atom. The highest BCUT2D eigenvalue weighted by Crippen LogP contribution is 2.53. The number of para-hydroxylation sites is 6. The minimum absolute atomic E-state index is 0.891. The number of furan rings is 1. The Kier molecular flexibility index (Phi) is 20.6. The van der Waals surface area contributed by atoms with E-state index < -0.39 is 0 Å². The summed E-state index contributed by atoms with van der Waals surface area (Å²) in [4.78, 5) is 7.26. The molecule has 3 heterocycles. The molecule has 0 saturated heterocycles. The second-order valence-corrected chi connectivity index (χ2v) is 31.9. The Morgan fingerprint density at radius 2 is 0.392 bits per heavy atom. The topological polar surface area (TPSA) is 22.9 Å². The van der Waals surface area contributed by atoms with Crippen molar-refractivity contribution in [1.82, 2.24) is 0 Å². The van der Waals surface area contributed by atoms with Gasteiger partial charge >= 0.3 is 0 Å². The summed E-state index contributed by atoms with van der Waals surface area (Å²) in [6.07, 6.45) is 0. The van der Waals surface area contributed by atoms with E-state index in [1.165, 1.54) is 124 Å². The third-order valence-corrected chi connectivity index (χ3v) is 24.7. The van der Waals surface area contributed by atoms with Crippen LogP contribution in [0.25, 0.3) is 140 Å². The molecule has 0 spiro atoms. The maximum Gasteiger partial charge on any atom is 0.135 e.